The first kappa shape index (κ1) is 8.93. The van der Waals surface area contributed by atoms with Gasteiger partial charge in [-0.1, -0.05) is 0 Å². The molecule has 2 heterocycles. The number of rotatable bonds is 1. The molecule has 2 fully saturated rings. The summed E-state index contributed by atoms with van der Waals surface area (Å²) in [4.78, 5) is 12.9. The van der Waals surface area contributed by atoms with E-state index in [4.69, 9.17) is 0 Å². The number of carbonyl (C=O) groups excluding carboxylic acids is 1. The zero-order valence-electron chi connectivity index (χ0n) is 7.31. The van der Waals surface area contributed by atoms with Crippen molar-refractivity contribution in [1.29, 1.82) is 0 Å². The maximum Gasteiger partial charge on any atom is 0.221 e. The van der Waals surface area contributed by atoms with E-state index in [1.165, 1.54) is 0 Å². The van der Waals surface area contributed by atoms with Crippen LogP contribution in [0.5, 0.6) is 0 Å². The zero-order valence-corrected chi connectivity index (χ0v) is 7.31. The van der Waals surface area contributed by atoms with Crippen molar-refractivity contribution in [3.05, 3.63) is 0 Å². The van der Waals surface area contributed by atoms with Gasteiger partial charge in [0.15, 0.2) is 0 Å². The van der Waals surface area contributed by atoms with Crippen LogP contribution in [0.15, 0.2) is 0 Å². The van der Waals surface area contributed by atoms with Gasteiger partial charge in [-0.2, -0.15) is 0 Å². The van der Waals surface area contributed by atoms with Gasteiger partial charge in [0.25, 0.3) is 0 Å². The topological polar surface area (TPSA) is 72.8 Å². The Morgan fingerprint density at radius 3 is 2.38 bits per heavy atom. The molecule has 5 heteroatoms. The summed E-state index contributed by atoms with van der Waals surface area (Å²) in [5.41, 5.74) is 0. The van der Waals surface area contributed by atoms with Gasteiger partial charge in [-0.05, 0) is 0 Å². The van der Waals surface area contributed by atoms with Crippen molar-refractivity contribution in [3.63, 3.8) is 0 Å². The summed E-state index contributed by atoms with van der Waals surface area (Å²) in [5.74, 6) is 0.0564. The Kier molecular flexibility index (Phi) is 2.23. The quantitative estimate of drug-likeness (QED) is 0.439. The number of hydrogen-bond acceptors (Lipinski definition) is 4. The molecule has 3 N–H and O–H groups in total. The summed E-state index contributed by atoms with van der Waals surface area (Å²) >= 11 is 0. The molecule has 2 rings (SSSR count). The normalized spacial score (nSPS) is 41.1. The molecule has 0 saturated carbocycles. The van der Waals surface area contributed by atoms with Crippen molar-refractivity contribution in [2.75, 3.05) is 19.6 Å². The van der Waals surface area contributed by atoms with Gasteiger partial charge in [-0.15, -0.1) is 0 Å². The van der Waals surface area contributed by atoms with Gasteiger partial charge < -0.3 is 15.5 Å². The highest BCUT2D eigenvalue weighted by atomic mass is 16.3. The largest absolute Gasteiger partial charge is 0.389 e. The average Bonchev–Trinajstić information content (AvgIpc) is 2.61. The number of nitrogens with one attached hydrogen (secondary N) is 1. The van der Waals surface area contributed by atoms with E-state index in [0.29, 0.717) is 26.1 Å². The van der Waals surface area contributed by atoms with Crippen molar-refractivity contribution >= 4 is 5.91 Å². The molecule has 2 saturated heterocycles. The van der Waals surface area contributed by atoms with Crippen molar-refractivity contribution < 1.29 is 15.0 Å². The number of β-amino-alcohol motifs (C(OH)–C–C–N with tert-alkyl or cyclic N) is 2. The molecular weight excluding hydrogens is 172 g/mol. The van der Waals surface area contributed by atoms with Gasteiger partial charge in [0.2, 0.25) is 5.91 Å². The van der Waals surface area contributed by atoms with E-state index in [9.17, 15) is 15.0 Å². The van der Waals surface area contributed by atoms with Crippen molar-refractivity contribution in [2.24, 2.45) is 0 Å². The third kappa shape index (κ3) is 1.67. The molecule has 0 spiro atoms. The second-order valence-corrected chi connectivity index (χ2v) is 3.75. The van der Waals surface area contributed by atoms with Crippen LogP contribution in [0.3, 0.4) is 0 Å². The van der Waals surface area contributed by atoms with Crippen molar-refractivity contribution in [2.45, 2.75) is 24.7 Å². The van der Waals surface area contributed by atoms with Crippen LogP contribution in [0, 0.1) is 0 Å². The fourth-order valence-corrected chi connectivity index (χ4v) is 1.94. The van der Waals surface area contributed by atoms with E-state index in [1.807, 2.05) is 4.90 Å². The predicted octanol–water partition coefficient (Wildman–Crippen LogP) is -2.09. The Morgan fingerprint density at radius 2 is 1.92 bits per heavy atom. The van der Waals surface area contributed by atoms with Gasteiger partial charge in [0.1, 0.15) is 0 Å². The minimum atomic E-state index is -0.657. The highest BCUT2D eigenvalue weighted by Crippen LogP contribution is 2.17. The zero-order chi connectivity index (χ0) is 9.42. The second kappa shape index (κ2) is 3.25. The molecule has 13 heavy (non-hydrogen) atoms. The third-order valence-electron chi connectivity index (χ3n) is 2.76. The fraction of sp³-hybridized carbons (Fsp3) is 0.875. The first-order valence-corrected chi connectivity index (χ1v) is 4.53. The number of hydrogen-bond donors (Lipinski definition) is 3. The smallest absolute Gasteiger partial charge is 0.221 e. The van der Waals surface area contributed by atoms with Gasteiger partial charge in [0.05, 0.1) is 12.2 Å². The lowest BCUT2D eigenvalue weighted by Crippen LogP contribution is -2.35. The lowest BCUT2D eigenvalue weighted by Gasteiger charge is -2.20. The summed E-state index contributed by atoms with van der Waals surface area (Å²) in [7, 11) is 0. The summed E-state index contributed by atoms with van der Waals surface area (Å²) in [6, 6.07) is 0.152. The van der Waals surface area contributed by atoms with Crippen molar-refractivity contribution in [1.82, 2.24) is 10.2 Å². The molecule has 5 nitrogen and oxygen atoms in total. The molecule has 0 aromatic rings. The van der Waals surface area contributed by atoms with E-state index in [2.05, 4.69) is 5.32 Å². The molecule has 3 atom stereocenters. The average molecular weight is 186 g/mol. The van der Waals surface area contributed by atoms with Crippen LogP contribution in [-0.2, 0) is 4.79 Å². The first-order valence-electron chi connectivity index (χ1n) is 4.53. The summed E-state index contributed by atoms with van der Waals surface area (Å²) in [5, 5.41) is 21.3. The summed E-state index contributed by atoms with van der Waals surface area (Å²) in [6.07, 6.45) is -0.828. The van der Waals surface area contributed by atoms with E-state index in [1.54, 1.807) is 0 Å². The van der Waals surface area contributed by atoms with E-state index in [0.717, 1.165) is 0 Å². The second-order valence-electron chi connectivity index (χ2n) is 3.75. The Hall–Kier alpha value is -0.650. The molecule has 0 bridgehead atoms. The Labute approximate surface area is 76.3 Å². The highest BCUT2D eigenvalue weighted by molar-refractivity contribution is 5.78. The lowest BCUT2D eigenvalue weighted by molar-refractivity contribution is -0.119. The Bertz CT molecular complexity index is 211. The number of aliphatic hydroxyl groups is 2. The number of amides is 1. The molecule has 0 aromatic carbocycles. The highest BCUT2D eigenvalue weighted by Gasteiger charge is 2.36. The van der Waals surface area contributed by atoms with Gasteiger partial charge in [0, 0.05) is 32.1 Å². The van der Waals surface area contributed by atoms with Crippen LogP contribution in [0.2, 0.25) is 0 Å². The Morgan fingerprint density at radius 1 is 1.31 bits per heavy atom. The van der Waals surface area contributed by atoms with Gasteiger partial charge in [-0.3, -0.25) is 9.69 Å². The van der Waals surface area contributed by atoms with Crippen molar-refractivity contribution in [3.8, 4) is 0 Å². The maximum atomic E-state index is 10.9. The molecule has 0 aromatic heterocycles. The van der Waals surface area contributed by atoms with Crippen LogP contribution in [0.4, 0.5) is 0 Å². The molecule has 0 aliphatic carbocycles. The lowest BCUT2D eigenvalue weighted by atomic mass is 10.2. The molecule has 1 amide bonds. The SMILES string of the molecule is O=C1CC(N2C[C@@H](O)[C@@H](O)C2)CN1. The third-order valence-corrected chi connectivity index (χ3v) is 2.76. The van der Waals surface area contributed by atoms with E-state index < -0.39 is 12.2 Å². The van der Waals surface area contributed by atoms with Gasteiger partial charge >= 0.3 is 0 Å². The molecule has 74 valence electrons. The maximum absolute atomic E-state index is 10.9. The first-order chi connectivity index (χ1) is 6.16. The minimum absolute atomic E-state index is 0.0564. The van der Waals surface area contributed by atoms with Crippen LogP contribution < -0.4 is 5.32 Å². The van der Waals surface area contributed by atoms with Crippen LogP contribution >= 0.6 is 0 Å². The molecular formula is C8H14N2O3. The number of nitrogens with zero attached hydrogens (tertiary/aromatic N) is 1. The minimum Gasteiger partial charge on any atom is -0.389 e. The molecule has 2 aliphatic heterocycles. The van der Waals surface area contributed by atoms with E-state index >= 15 is 0 Å². The van der Waals surface area contributed by atoms with Crippen LogP contribution in [-0.4, -0.2) is 58.9 Å². The molecule has 0 radical (unpaired) electrons. The summed E-state index contributed by atoms with van der Waals surface area (Å²) < 4.78 is 0. The molecule has 1 unspecified atom stereocenters. The van der Waals surface area contributed by atoms with Crippen LogP contribution in [0.25, 0.3) is 0 Å². The van der Waals surface area contributed by atoms with E-state index in [-0.39, 0.29) is 11.9 Å². The number of carbonyl (C=O) groups is 1. The summed E-state index contributed by atoms with van der Waals surface area (Å²) in [6.45, 7) is 1.58. The van der Waals surface area contributed by atoms with Crippen LogP contribution in [0.1, 0.15) is 6.42 Å². The molecule has 2 aliphatic rings. The Balaban J connectivity index is 1.92. The fourth-order valence-electron chi connectivity index (χ4n) is 1.94. The van der Waals surface area contributed by atoms with Gasteiger partial charge in [-0.25, -0.2) is 0 Å². The number of likely N-dealkylation sites (tertiary alicyclic amines) is 1. The predicted molar refractivity (Wildman–Crippen MR) is 45.0 cm³/mol. The monoisotopic (exact) mass is 186 g/mol. The number of aliphatic hydroxyl groups excluding tert-OH is 2. The standard InChI is InChI=1S/C8H14N2O3/c11-6-3-10(4-7(6)12)5-1-8(13)9-2-5/h5-7,11-12H,1-4H2,(H,9,13)/t5?,6-,7+.